The molecule has 4 fully saturated rings. The number of hydrogen-bond acceptors (Lipinski definition) is 5. The highest BCUT2D eigenvalue weighted by Gasteiger charge is 2.64. The van der Waals surface area contributed by atoms with Crippen molar-refractivity contribution in [3.63, 3.8) is 0 Å². The van der Waals surface area contributed by atoms with E-state index >= 15 is 4.39 Å². The standard InChI is InChI=1S/C26H34FN3O3/c1-24-9-7-21-19(4-3-17-13-25(32,16-33-2)10-11-26(17,21)27)20(24)5-6-22(24)23(31)15-30-12-8-18(14-28)29-30/h17,19-22,32H,3-7,9-11,13,15-16H2,1-2H3/t17-,19+,20+,21+,22-,24+,25-,26-/m1/s1. The van der Waals surface area contributed by atoms with Crippen LogP contribution in [-0.4, -0.2) is 45.7 Å². The lowest BCUT2D eigenvalue weighted by molar-refractivity contribution is -0.178. The second-order valence-corrected chi connectivity index (χ2v) is 11.4. The van der Waals surface area contributed by atoms with Crippen molar-refractivity contribution in [1.29, 1.82) is 5.26 Å². The molecule has 33 heavy (non-hydrogen) atoms. The van der Waals surface area contributed by atoms with Gasteiger partial charge in [-0.3, -0.25) is 4.79 Å². The first-order valence-electron chi connectivity index (χ1n) is 12.4. The van der Waals surface area contributed by atoms with Crippen LogP contribution in [0.1, 0.15) is 70.4 Å². The molecule has 4 aliphatic carbocycles. The van der Waals surface area contributed by atoms with Crippen molar-refractivity contribution in [1.82, 2.24) is 9.78 Å². The van der Waals surface area contributed by atoms with Gasteiger partial charge in [0.1, 0.15) is 18.3 Å². The number of carbonyl (C=O) groups is 1. The summed E-state index contributed by atoms with van der Waals surface area (Å²) in [4.78, 5) is 13.3. The van der Waals surface area contributed by atoms with Crippen LogP contribution in [0.3, 0.4) is 0 Å². The van der Waals surface area contributed by atoms with Crippen LogP contribution in [-0.2, 0) is 16.1 Å². The Bertz CT molecular complexity index is 959. The lowest BCUT2D eigenvalue weighted by atomic mass is 9.47. The van der Waals surface area contributed by atoms with Crippen molar-refractivity contribution >= 4 is 5.78 Å². The van der Waals surface area contributed by atoms with Gasteiger partial charge < -0.3 is 9.84 Å². The third-order valence-electron chi connectivity index (χ3n) is 9.92. The number of aromatic nitrogens is 2. The van der Waals surface area contributed by atoms with Gasteiger partial charge in [0, 0.05) is 19.2 Å². The minimum absolute atomic E-state index is 0.0301. The molecule has 0 saturated heterocycles. The number of hydrogen-bond donors (Lipinski definition) is 1. The minimum Gasteiger partial charge on any atom is -0.387 e. The summed E-state index contributed by atoms with van der Waals surface area (Å²) in [6, 6.07) is 4.57. The Morgan fingerprint density at radius 2 is 2.09 bits per heavy atom. The van der Waals surface area contributed by atoms with E-state index in [1.54, 1.807) is 7.11 Å². The molecule has 178 valence electrons. The second kappa shape index (κ2) is 8.07. The van der Waals surface area contributed by atoms with Crippen LogP contribution in [0.25, 0.3) is 0 Å². The number of methoxy groups -OCH3 is 1. The van der Waals surface area contributed by atoms with Crippen LogP contribution in [0.4, 0.5) is 4.39 Å². The topological polar surface area (TPSA) is 88.1 Å². The number of Topliss-reactive ketones (excluding diaryl/α,β-unsaturated/α-hetero) is 1. The quantitative estimate of drug-likeness (QED) is 0.732. The zero-order valence-electron chi connectivity index (χ0n) is 19.6. The van der Waals surface area contributed by atoms with Crippen LogP contribution >= 0.6 is 0 Å². The molecule has 1 aromatic heterocycles. The Morgan fingerprint density at radius 3 is 2.82 bits per heavy atom. The van der Waals surface area contributed by atoms with Crippen LogP contribution in [0.15, 0.2) is 0 Å². The van der Waals surface area contributed by atoms with Gasteiger partial charge in [-0.05, 0) is 92.9 Å². The van der Waals surface area contributed by atoms with E-state index in [2.05, 4.69) is 24.3 Å². The molecule has 6 nitrogen and oxygen atoms in total. The lowest BCUT2D eigenvalue weighted by Gasteiger charge is -2.59. The van der Waals surface area contributed by atoms with E-state index < -0.39 is 11.3 Å². The lowest BCUT2D eigenvalue weighted by Crippen LogP contribution is -2.59. The summed E-state index contributed by atoms with van der Waals surface area (Å²) in [5.74, 6) is 0.687. The van der Waals surface area contributed by atoms with Crippen LogP contribution in [0, 0.1) is 58.6 Å². The molecule has 1 heterocycles. The fourth-order valence-corrected chi connectivity index (χ4v) is 8.47. The minimum atomic E-state index is -1.21. The summed E-state index contributed by atoms with van der Waals surface area (Å²) in [5.41, 5.74) is -2.07. The van der Waals surface area contributed by atoms with Crippen LogP contribution < -0.4 is 0 Å². The van der Waals surface area contributed by atoms with Crippen molar-refractivity contribution in [3.05, 3.63) is 18.0 Å². The molecule has 7 heteroatoms. The number of alkyl halides is 1. The van der Waals surface area contributed by atoms with E-state index in [9.17, 15) is 9.90 Å². The largest absolute Gasteiger partial charge is 0.387 e. The monoisotopic (exact) mass is 455 g/mol. The van der Waals surface area contributed by atoms with Gasteiger partial charge in [0.05, 0.1) is 12.2 Å². The number of ether oxygens (including phenoxy) is 1. The fraction of sp³-hybridized carbons (Fsp3) is 0.808. The van der Waals surface area contributed by atoms with E-state index in [0.29, 0.717) is 31.1 Å². The van der Waals surface area contributed by atoms with Gasteiger partial charge >= 0.3 is 0 Å². The molecule has 0 radical (unpaired) electrons. The first-order valence-corrected chi connectivity index (χ1v) is 12.4. The highest BCUT2D eigenvalue weighted by molar-refractivity contribution is 5.82. The molecule has 1 N–H and O–H groups in total. The predicted molar refractivity (Wildman–Crippen MR) is 117 cm³/mol. The molecule has 0 amide bonds. The first kappa shape index (κ1) is 22.8. The molecule has 0 aromatic carbocycles. The third-order valence-corrected chi connectivity index (χ3v) is 9.92. The van der Waals surface area contributed by atoms with E-state index in [-0.39, 0.29) is 47.8 Å². The van der Waals surface area contributed by atoms with Crippen molar-refractivity contribution in [2.75, 3.05) is 13.7 Å². The summed E-state index contributed by atoms with van der Waals surface area (Å²) in [5, 5.41) is 23.9. The first-order chi connectivity index (χ1) is 15.7. The Kier molecular flexibility index (Phi) is 5.58. The average Bonchev–Trinajstić information content (AvgIpc) is 3.38. The summed E-state index contributed by atoms with van der Waals surface area (Å²) in [6.45, 7) is 2.64. The molecular weight excluding hydrogens is 421 g/mol. The van der Waals surface area contributed by atoms with E-state index in [0.717, 1.165) is 38.5 Å². The maximum absolute atomic E-state index is 16.6. The molecule has 5 rings (SSSR count). The van der Waals surface area contributed by atoms with Crippen molar-refractivity contribution in [2.45, 2.75) is 82.5 Å². The second-order valence-electron chi connectivity index (χ2n) is 11.4. The summed E-state index contributed by atoms with van der Waals surface area (Å²) in [7, 11) is 1.59. The molecule has 4 saturated carbocycles. The molecule has 8 atom stereocenters. The van der Waals surface area contributed by atoms with E-state index in [1.807, 2.05) is 6.07 Å². The van der Waals surface area contributed by atoms with Gasteiger partial charge in [-0.1, -0.05) is 6.92 Å². The number of rotatable bonds is 5. The summed E-state index contributed by atoms with van der Waals surface area (Å²) < 4.78 is 23.3. The predicted octanol–water partition coefficient (Wildman–Crippen LogP) is 3.66. The third kappa shape index (κ3) is 3.60. The molecule has 0 spiro atoms. The highest BCUT2D eigenvalue weighted by atomic mass is 19.1. The smallest absolute Gasteiger partial charge is 0.213 e. The Hall–Kier alpha value is -1.96. The molecule has 0 unspecified atom stereocenters. The number of aliphatic hydroxyl groups is 1. The SMILES string of the molecule is COC[C@@]1(O)CC[C@@]2(F)[C@H](CC[C@H]3[C@@H]4CC[C@H](C(=O)Cn5c#cc(C#N)n5)[C@@]4(C)CC[C@@H]32)C1. The van der Waals surface area contributed by atoms with Crippen molar-refractivity contribution < 1.29 is 19.0 Å². The highest BCUT2D eigenvalue weighted by Crippen LogP contribution is 2.66. The van der Waals surface area contributed by atoms with Gasteiger partial charge in [0.15, 0.2) is 5.78 Å². The maximum atomic E-state index is 16.6. The Balaban J connectivity index is 1.31. The summed E-state index contributed by atoms with van der Waals surface area (Å²) >= 11 is 0. The van der Waals surface area contributed by atoms with Crippen LogP contribution in [0.2, 0.25) is 0 Å². The molecular formula is C26H34FN3O3. The number of nitriles is 1. The van der Waals surface area contributed by atoms with Gasteiger partial charge in [0.2, 0.25) is 5.69 Å². The Labute approximate surface area is 195 Å². The number of halogens is 1. The van der Waals surface area contributed by atoms with Gasteiger partial charge in [-0.25, -0.2) is 9.07 Å². The molecule has 4 aliphatic rings. The normalized spacial score (nSPS) is 44.2. The van der Waals surface area contributed by atoms with Gasteiger partial charge in [0.25, 0.3) is 0 Å². The number of fused-ring (bicyclic) bond motifs is 5. The zero-order chi connectivity index (χ0) is 23.4. The fourth-order valence-electron chi connectivity index (χ4n) is 8.47. The van der Waals surface area contributed by atoms with E-state index in [4.69, 9.17) is 10.00 Å². The number of ketones is 1. The van der Waals surface area contributed by atoms with Crippen molar-refractivity contribution in [3.8, 4) is 6.07 Å². The Morgan fingerprint density at radius 1 is 1.27 bits per heavy atom. The molecule has 1 aromatic rings. The molecule has 0 bridgehead atoms. The molecule has 0 aliphatic heterocycles. The van der Waals surface area contributed by atoms with E-state index in [1.165, 1.54) is 4.68 Å². The number of nitrogens with zero attached hydrogens (tertiary/aromatic N) is 3. The van der Waals surface area contributed by atoms with Gasteiger partial charge in [-0.15, -0.1) is 5.10 Å². The van der Waals surface area contributed by atoms with Gasteiger partial charge in [-0.2, -0.15) is 5.26 Å². The maximum Gasteiger partial charge on any atom is 0.213 e. The zero-order valence-corrected chi connectivity index (χ0v) is 19.6. The average molecular weight is 456 g/mol. The van der Waals surface area contributed by atoms with Crippen molar-refractivity contribution in [2.24, 2.45) is 35.0 Å². The number of carbonyl (C=O) groups excluding carboxylic acids is 1. The van der Waals surface area contributed by atoms with Crippen LogP contribution in [0.5, 0.6) is 0 Å². The summed E-state index contributed by atoms with van der Waals surface area (Å²) in [6.07, 6.45) is 9.41.